The molecule has 7 nitrogen and oxygen atoms in total. The highest BCUT2D eigenvalue weighted by molar-refractivity contribution is 7.99. The molecule has 2 aromatic rings. The largest absolute Gasteiger partial charge is 0.433 e. The molecule has 0 radical (unpaired) electrons. The Labute approximate surface area is 203 Å². The predicted octanol–water partition coefficient (Wildman–Crippen LogP) is 4.49. The Hall–Kier alpha value is -1.88. The summed E-state index contributed by atoms with van der Waals surface area (Å²) >= 11 is 1.74. The fourth-order valence-corrected chi connectivity index (χ4v) is 5.04. The molecule has 0 aromatic carbocycles. The molecule has 34 heavy (non-hydrogen) atoms. The van der Waals surface area contributed by atoms with Crippen molar-refractivity contribution in [2.75, 3.05) is 43.4 Å². The number of aromatic nitrogens is 5. The van der Waals surface area contributed by atoms with Crippen molar-refractivity contribution in [1.29, 1.82) is 0 Å². The molecule has 0 atom stereocenters. The third kappa shape index (κ3) is 5.84. The second-order valence-electron chi connectivity index (χ2n) is 10.2. The molecule has 1 saturated carbocycles. The quantitative estimate of drug-likeness (QED) is 0.412. The number of alkyl halides is 3. The second-order valence-corrected chi connectivity index (χ2v) is 11.3. The molecule has 3 heterocycles. The van der Waals surface area contributed by atoms with Crippen molar-refractivity contribution < 1.29 is 13.2 Å². The van der Waals surface area contributed by atoms with Crippen LogP contribution in [0.5, 0.6) is 0 Å². The maximum atomic E-state index is 13.4. The highest BCUT2D eigenvalue weighted by atomic mass is 32.2. The van der Waals surface area contributed by atoms with E-state index < -0.39 is 17.3 Å². The van der Waals surface area contributed by atoms with Gasteiger partial charge >= 0.3 is 6.18 Å². The van der Waals surface area contributed by atoms with Gasteiger partial charge in [0.25, 0.3) is 0 Å². The Morgan fingerprint density at radius 1 is 1.03 bits per heavy atom. The molecule has 1 aliphatic heterocycles. The number of nitrogens with zero attached hydrogens (tertiary/aromatic N) is 7. The van der Waals surface area contributed by atoms with Crippen molar-refractivity contribution in [2.45, 2.75) is 69.1 Å². The van der Waals surface area contributed by atoms with Gasteiger partial charge in [-0.2, -0.15) is 13.2 Å². The van der Waals surface area contributed by atoms with Crippen molar-refractivity contribution in [1.82, 2.24) is 29.6 Å². The third-order valence-electron chi connectivity index (χ3n) is 6.56. The van der Waals surface area contributed by atoms with Crippen molar-refractivity contribution in [3.63, 3.8) is 0 Å². The van der Waals surface area contributed by atoms with Gasteiger partial charge in [0, 0.05) is 56.4 Å². The third-order valence-corrected chi connectivity index (χ3v) is 7.67. The van der Waals surface area contributed by atoms with Crippen molar-refractivity contribution >= 4 is 17.6 Å². The molecule has 11 heteroatoms. The van der Waals surface area contributed by atoms with Crippen LogP contribution in [-0.2, 0) is 18.6 Å². The molecule has 1 aliphatic carbocycles. The molecule has 2 fully saturated rings. The summed E-state index contributed by atoms with van der Waals surface area (Å²) in [5.41, 5.74) is -1.43. The van der Waals surface area contributed by atoms with Gasteiger partial charge < -0.3 is 9.47 Å². The minimum Gasteiger partial charge on any atom is -0.354 e. The fraction of sp³-hybridized carbons (Fsp3) is 0.739. The molecule has 2 aliphatic rings. The SMILES string of the molecule is Cn1c(SCCCN2CCN(c3cc(C(F)(F)F)nc(C(C)(C)C)n3)CC2)nnc1C1CCC1. The molecule has 1 saturated heterocycles. The topological polar surface area (TPSA) is 63.0 Å². The maximum Gasteiger partial charge on any atom is 0.433 e. The molecule has 0 spiro atoms. The van der Waals surface area contributed by atoms with Gasteiger partial charge in [0.05, 0.1) is 0 Å². The van der Waals surface area contributed by atoms with E-state index in [9.17, 15) is 13.2 Å². The first-order valence-corrected chi connectivity index (χ1v) is 13.0. The van der Waals surface area contributed by atoms with E-state index in [4.69, 9.17) is 0 Å². The Bertz CT molecular complexity index is 942. The Morgan fingerprint density at radius 3 is 2.32 bits per heavy atom. The summed E-state index contributed by atoms with van der Waals surface area (Å²) in [7, 11) is 2.05. The van der Waals surface area contributed by atoms with Crippen LogP contribution < -0.4 is 4.90 Å². The first-order valence-electron chi connectivity index (χ1n) is 12.0. The lowest BCUT2D eigenvalue weighted by atomic mass is 9.85. The minimum atomic E-state index is -4.49. The van der Waals surface area contributed by atoms with E-state index in [1.807, 2.05) is 25.7 Å². The zero-order valence-electron chi connectivity index (χ0n) is 20.4. The number of hydrogen-bond acceptors (Lipinski definition) is 7. The number of halogens is 3. The molecule has 0 unspecified atom stereocenters. The normalized spacial score (nSPS) is 18.4. The van der Waals surface area contributed by atoms with Crippen LogP contribution >= 0.6 is 11.8 Å². The number of thioether (sulfide) groups is 1. The van der Waals surface area contributed by atoms with Crippen LogP contribution in [0.25, 0.3) is 0 Å². The summed E-state index contributed by atoms with van der Waals surface area (Å²) in [6.45, 7) is 9.36. The van der Waals surface area contributed by atoms with E-state index in [-0.39, 0.29) is 5.82 Å². The summed E-state index contributed by atoms with van der Waals surface area (Å²) in [6, 6.07) is 1.08. The van der Waals surface area contributed by atoms with Crippen LogP contribution in [0.4, 0.5) is 19.0 Å². The van der Waals surface area contributed by atoms with Gasteiger partial charge in [0.15, 0.2) is 5.16 Å². The smallest absolute Gasteiger partial charge is 0.354 e. The average molecular weight is 498 g/mol. The number of hydrogen-bond donors (Lipinski definition) is 0. The first kappa shape index (κ1) is 25.2. The zero-order chi connectivity index (χ0) is 24.5. The standard InChI is InChI=1S/C23H34F3N7S/c1-22(2,3)20-27-17(23(24,25)26)15-18(28-20)33-12-10-32(11-13-33)9-6-14-34-21-30-29-19(31(21)4)16-7-5-8-16/h15-16H,5-14H2,1-4H3. The van der Waals surface area contributed by atoms with Crippen molar-refractivity contribution in [3.8, 4) is 0 Å². The van der Waals surface area contributed by atoms with Gasteiger partial charge in [-0.15, -0.1) is 10.2 Å². The van der Waals surface area contributed by atoms with Gasteiger partial charge in [0.1, 0.15) is 23.2 Å². The van der Waals surface area contributed by atoms with Gasteiger partial charge in [-0.25, -0.2) is 9.97 Å². The Balaban J connectivity index is 1.27. The average Bonchev–Trinajstić information content (AvgIpc) is 3.09. The van der Waals surface area contributed by atoms with Gasteiger partial charge in [0.2, 0.25) is 0 Å². The van der Waals surface area contributed by atoms with E-state index in [2.05, 4.69) is 36.7 Å². The molecule has 4 rings (SSSR count). The van der Waals surface area contributed by atoms with Crippen LogP contribution in [0.1, 0.15) is 69.7 Å². The fourth-order valence-electron chi connectivity index (χ4n) is 4.20. The van der Waals surface area contributed by atoms with Crippen molar-refractivity contribution in [3.05, 3.63) is 23.4 Å². The van der Waals surface area contributed by atoms with Crippen LogP contribution in [0, 0.1) is 0 Å². The molecule has 0 bridgehead atoms. The summed E-state index contributed by atoms with van der Waals surface area (Å²) in [6.07, 6.45) is 0.250. The van der Waals surface area contributed by atoms with Gasteiger partial charge in [-0.1, -0.05) is 39.0 Å². The lowest BCUT2D eigenvalue weighted by Crippen LogP contribution is -2.47. The van der Waals surface area contributed by atoms with Crippen LogP contribution in [0.15, 0.2) is 11.2 Å². The molecule has 0 N–H and O–H groups in total. The number of rotatable bonds is 7. The van der Waals surface area contributed by atoms with E-state index in [0.29, 0.717) is 24.8 Å². The van der Waals surface area contributed by atoms with E-state index in [1.54, 1.807) is 11.8 Å². The van der Waals surface area contributed by atoms with Gasteiger partial charge in [-0.05, 0) is 25.8 Å². The highest BCUT2D eigenvalue weighted by Crippen LogP contribution is 2.36. The van der Waals surface area contributed by atoms with E-state index in [1.165, 1.54) is 19.3 Å². The van der Waals surface area contributed by atoms with Crippen LogP contribution in [0.2, 0.25) is 0 Å². The molecular formula is C23H34F3N7S. The van der Waals surface area contributed by atoms with E-state index >= 15 is 0 Å². The summed E-state index contributed by atoms with van der Waals surface area (Å²) in [5, 5.41) is 9.72. The molecule has 0 amide bonds. The van der Waals surface area contributed by atoms with Crippen LogP contribution in [0.3, 0.4) is 0 Å². The summed E-state index contributed by atoms with van der Waals surface area (Å²) in [4.78, 5) is 12.6. The van der Waals surface area contributed by atoms with Crippen molar-refractivity contribution in [2.24, 2.45) is 7.05 Å². The Kier molecular flexibility index (Phi) is 7.42. The number of anilines is 1. The second kappa shape index (κ2) is 10.0. The Morgan fingerprint density at radius 2 is 1.74 bits per heavy atom. The van der Waals surface area contributed by atoms with E-state index in [0.717, 1.165) is 48.9 Å². The molecule has 2 aromatic heterocycles. The lowest BCUT2D eigenvalue weighted by molar-refractivity contribution is -0.141. The van der Waals surface area contributed by atoms with Gasteiger partial charge in [-0.3, -0.25) is 4.90 Å². The predicted molar refractivity (Wildman–Crippen MR) is 127 cm³/mol. The molecule has 188 valence electrons. The monoisotopic (exact) mass is 497 g/mol. The zero-order valence-corrected chi connectivity index (χ0v) is 21.2. The minimum absolute atomic E-state index is 0.223. The summed E-state index contributed by atoms with van der Waals surface area (Å²) < 4.78 is 42.4. The summed E-state index contributed by atoms with van der Waals surface area (Å²) in [5.74, 6) is 3.24. The highest BCUT2D eigenvalue weighted by Gasteiger charge is 2.36. The first-order chi connectivity index (χ1) is 16.0. The molecular weight excluding hydrogens is 463 g/mol. The maximum absolute atomic E-state index is 13.4. The van der Waals surface area contributed by atoms with Crippen LogP contribution in [-0.4, -0.2) is 68.1 Å². The number of piperazine rings is 1. The lowest BCUT2D eigenvalue weighted by Gasteiger charge is -2.36.